The number of rotatable bonds is 3. The zero-order valence-electron chi connectivity index (χ0n) is 23.2. The van der Waals surface area contributed by atoms with Crippen LogP contribution in [0, 0.1) is 0 Å². The maximum atomic E-state index is 16.0. The summed E-state index contributed by atoms with van der Waals surface area (Å²) in [6.45, 7) is -10.4. The molecule has 47 heavy (non-hydrogen) atoms. The average Bonchev–Trinajstić information content (AvgIpc) is 3.76. The number of imidazole rings is 2. The van der Waals surface area contributed by atoms with Crippen molar-refractivity contribution in [3.8, 4) is 0 Å². The van der Waals surface area contributed by atoms with Crippen molar-refractivity contribution in [2.24, 2.45) is 0 Å². The van der Waals surface area contributed by atoms with Gasteiger partial charge in [0, 0.05) is 0 Å². The van der Waals surface area contributed by atoms with Gasteiger partial charge in [-0.2, -0.15) is 0 Å². The molecular formula is C21H22F2N10O10P2S2. The number of anilines is 2. The van der Waals surface area contributed by atoms with Gasteiger partial charge >= 0.3 is 19.6 Å². The molecule has 0 saturated carbocycles. The van der Waals surface area contributed by atoms with Crippen LogP contribution in [0.2, 0.25) is 0 Å². The summed E-state index contributed by atoms with van der Waals surface area (Å²) in [5.41, 5.74) is 6.13. The van der Waals surface area contributed by atoms with Crippen molar-refractivity contribution in [3.05, 3.63) is 25.3 Å². The summed E-state index contributed by atoms with van der Waals surface area (Å²) in [6.07, 6.45) is -10.4. The Hall–Kier alpha value is -3.02. The highest BCUT2D eigenvalue weighted by Crippen LogP contribution is 2.58. The summed E-state index contributed by atoms with van der Waals surface area (Å²) < 4.78 is 81.4. The first-order valence-electron chi connectivity index (χ1n) is 13.3. The summed E-state index contributed by atoms with van der Waals surface area (Å²) >= 11 is 9.14. The van der Waals surface area contributed by atoms with Crippen LogP contribution in [0.3, 0.4) is 0 Å². The van der Waals surface area contributed by atoms with Crippen molar-refractivity contribution < 1.29 is 55.7 Å². The molecule has 252 valence electrons. The highest BCUT2D eigenvalue weighted by molar-refractivity contribution is 8.44. The Morgan fingerprint density at radius 3 is 2.13 bits per heavy atom. The number of thiol groups is 1. The number of nitrogens with two attached hydrogens (primary N) is 1. The van der Waals surface area contributed by atoms with Crippen LogP contribution in [0.4, 0.5) is 25.2 Å². The predicted octanol–water partition coefficient (Wildman–Crippen LogP) is 1.88. The van der Waals surface area contributed by atoms with Gasteiger partial charge in [0.2, 0.25) is 0 Å². The van der Waals surface area contributed by atoms with Crippen LogP contribution in [0.1, 0.15) is 12.5 Å². The number of aromatic nitrogens is 8. The van der Waals surface area contributed by atoms with Crippen molar-refractivity contribution in [1.82, 2.24) is 39.0 Å². The fourth-order valence-corrected chi connectivity index (χ4v) is 8.18. The number of amides is 1. The van der Waals surface area contributed by atoms with E-state index >= 15 is 8.78 Å². The third-order valence-corrected chi connectivity index (χ3v) is 10.5. The topological polar surface area (TPSA) is 255 Å². The largest absolute Gasteiger partial charge is 0.465 e. The Morgan fingerprint density at radius 1 is 0.936 bits per heavy atom. The number of fused-ring (bicyclic) bond motifs is 6. The van der Waals surface area contributed by atoms with Gasteiger partial charge in [-0.15, -0.1) is 0 Å². The second-order valence-corrected chi connectivity index (χ2v) is 15.9. The summed E-state index contributed by atoms with van der Waals surface area (Å²) in [5, 5.41) is 11.2. The van der Waals surface area contributed by atoms with Gasteiger partial charge in [0.05, 0.1) is 25.9 Å². The minimum absolute atomic E-state index is 0.0135. The zero-order valence-corrected chi connectivity index (χ0v) is 26.7. The number of nitrogen functional groups attached to an aromatic ring is 1. The summed E-state index contributed by atoms with van der Waals surface area (Å²) in [4.78, 5) is 46.3. The molecule has 7 heterocycles. The minimum atomic E-state index is -4.49. The molecule has 5 N–H and O–H groups in total. The van der Waals surface area contributed by atoms with E-state index in [9.17, 15) is 14.3 Å². The molecule has 1 amide bonds. The van der Waals surface area contributed by atoms with Crippen molar-refractivity contribution >= 4 is 77.6 Å². The molecule has 3 aliphatic heterocycles. The summed E-state index contributed by atoms with van der Waals surface area (Å²) in [5.74, 6) is -0.146. The smallest absolute Gasteiger partial charge is 0.410 e. The standard InChI is InChI=1S/C21H22F2N10O10P2S2/c22-9-7-1-38-45(37,47)43-14-10(23)8(41-20(14)33-6-30-12-16(31-21(34)35)26-4-28-18(12)33)2-39-44(36,46)42-13(9)19(40-7)32-5-29-11-15(24)25-3-27-17(11)32/h3-10,13-14,19-20H,1-2H2,(H,34,35)(H,36,46)(H,37,47)(H2,24,25,27)(H,26,28,31)/t7-,8-,9-,10-,13-,14-,19+,20-,44?,45?/m1/s1. The first kappa shape index (κ1) is 32.5. The number of carbonyl (C=O) groups is 1. The first-order chi connectivity index (χ1) is 22.3. The van der Waals surface area contributed by atoms with Gasteiger partial charge in [0.1, 0.15) is 42.6 Å². The van der Waals surface area contributed by atoms with Gasteiger partial charge in [-0.1, -0.05) is 12.2 Å². The Morgan fingerprint density at radius 2 is 1.49 bits per heavy atom. The van der Waals surface area contributed by atoms with E-state index in [1.807, 2.05) is 0 Å². The molecular weight excluding hydrogens is 716 g/mol. The van der Waals surface area contributed by atoms with E-state index in [4.69, 9.17) is 50.2 Å². The van der Waals surface area contributed by atoms with Crippen molar-refractivity contribution in [2.75, 3.05) is 24.3 Å². The number of alkyl halides is 2. The van der Waals surface area contributed by atoms with Gasteiger partial charge in [-0.3, -0.25) is 28.0 Å². The molecule has 0 spiro atoms. The van der Waals surface area contributed by atoms with Gasteiger partial charge in [-0.25, -0.2) is 48.0 Å². The molecule has 4 aromatic rings. The maximum Gasteiger partial charge on any atom is 0.410 e. The van der Waals surface area contributed by atoms with Crippen LogP contribution < -0.4 is 11.1 Å². The fraction of sp³-hybridized carbons (Fsp3) is 0.476. The highest BCUT2D eigenvalue weighted by Gasteiger charge is 2.54. The van der Waals surface area contributed by atoms with Crippen LogP contribution >= 0.6 is 25.8 Å². The van der Waals surface area contributed by atoms with Crippen molar-refractivity contribution in [3.63, 3.8) is 0 Å². The quantitative estimate of drug-likeness (QED) is 0.149. The Kier molecular flexibility index (Phi) is 8.40. The van der Waals surface area contributed by atoms with E-state index in [0.29, 0.717) is 0 Å². The number of nitrogens with one attached hydrogen (secondary N) is 1. The fourth-order valence-electron chi connectivity index (χ4n) is 5.32. The Balaban J connectivity index is 1.21. The number of carboxylic acid groups (broad SMARTS) is 1. The molecule has 0 radical (unpaired) electrons. The van der Waals surface area contributed by atoms with Crippen LogP contribution in [0.15, 0.2) is 25.3 Å². The van der Waals surface area contributed by atoms with Gasteiger partial charge in [0.25, 0.3) is 0 Å². The molecule has 3 aliphatic rings. The maximum absolute atomic E-state index is 16.0. The lowest BCUT2D eigenvalue weighted by Gasteiger charge is -2.26. The van der Waals surface area contributed by atoms with Gasteiger partial charge in [0.15, 0.2) is 53.2 Å². The van der Waals surface area contributed by atoms with Crippen LogP contribution in [-0.4, -0.2) is 105 Å². The summed E-state index contributed by atoms with van der Waals surface area (Å²) in [6, 6.07) is 0. The Bertz CT molecular complexity index is 1960. The lowest BCUT2D eigenvalue weighted by molar-refractivity contribution is -0.0592. The monoisotopic (exact) mass is 738 g/mol. The molecule has 26 heteroatoms. The SMILES string of the molecule is Nc1ncnc2c1ncn2[C@H]1O[C@@H]2COP(O)(=S)O[C@@H]3[C@H](F)[C@@H](COP(=O)(S)O[C@@H]1[C@@H]2F)O[C@H]3n1cnc2c(NC(=O)O)ncnc21. The van der Waals surface area contributed by atoms with E-state index < -0.39 is 82.0 Å². The number of hydrogen-bond donors (Lipinski definition) is 5. The van der Waals surface area contributed by atoms with Crippen LogP contribution in [0.5, 0.6) is 0 Å². The molecule has 20 nitrogen and oxygen atoms in total. The normalized spacial score (nSPS) is 36.4. The van der Waals surface area contributed by atoms with Gasteiger partial charge < -0.3 is 29.7 Å². The second kappa shape index (κ2) is 12.1. The molecule has 10 atom stereocenters. The first-order valence-corrected chi connectivity index (χ1v) is 18.6. The van der Waals surface area contributed by atoms with Crippen molar-refractivity contribution in [1.29, 1.82) is 0 Å². The van der Waals surface area contributed by atoms with E-state index in [1.54, 1.807) is 0 Å². The molecule has 3 fully saturated rings. The third kappa shape index (κ3) is 6.08. The number of hydrogen-bond acceptors (Lipinski definition) is 16. The van der Waals surface area contributed by atoms with Crippen LogP contribution in [-0.2, 0) is 43.9 Å². The lowest BCUT2D eigenvalue weighted by Crippen LogP contribution is -2.34. The van der Waals surface area contributed by atoms with Gasteiger partial charge in [-0.05, 0) is 11.8 Å². The molecule has 2 unspecified atom stereocenters. The van der Waals surface area contributed by atoms with E-state index in [0.717, 1.165) is 19.0 Å². The number of nitrogens with zero attached hydrogens (tertiary/aromatic N) is 8. The lowest BCUT2D eigenvalue weighted by atomic mass is 10.1. The zero-order chi connectivity index (χ0) is 33.2. The molecule has 4 aromatic heterocycles. The molecule has 4 bridgehead atoms. The average molecular weight is 739 g/mol. The third-order valence-electron chi connectivity index (χ3n) is 7.36. The summed E-state index contributed by atoms with van der Waals surface area (Å²) in [7, 11) is 0. The Labute approximate surface area is 270 Å². The number of ether oxygens (including phenoxy) is 2. The highest BCUT2D eigenvalue weighted by atomic mass is 32.7. The molecule has 3 saturated heterocycles. The molecule has 0 aromatic carbocycles. The second-order valence-electron chi connectivity index (χ2n) is 10.2. The van der Waals surface area contributed by atoms with E-state index in [2.05, 4.69) is 47.5 Å². The minimum Gasteiger partial charge on any atom is -0.465 e. The van der Waals surface area contributed by atoms with E-state index in [-0.39, 0.29) is 34.0 Å². The molecule has 7 rings (SSSR count). The van der Waals surface area contributed by atoms with Crippen LogP contribution in [0.25, 0.3) is 22.3 Å². The molecule has 0 aliphatic carbocycles. The van der Waals surface area contributed by atoms with E-state index in [1.165, 1.54) is 15.5 Å². The predicted molar refractivity (Wildman–Crippen MR) is 159 cm³/mol. The number of halogens is 2. The van der Waals surface area contributed by atoms with Crippen molar-refractivity contribution in [2.45, 2.75) is 49.2 Å².